The molecule has 1 aromatic rings. The number of nitrogens with zero attached hydrogens (tertiary/aromatic N) is 1. The van der Waals surface area contributed by atoms with E-state index in [0.29, 0.717) is 5.69 Å². The highest BCUT2D eigenvalue weighted by Gasteiger charge is 2.33. The number of rotatable bonds is 2. The van der Waals surface area contributed by atoms with Gasteiger partial charge in [0.15, 0.2) is 0 Å². The SMILES string of the molecule is Nc1cnc(C(F)(F)F)cc1NC1CC1. The number of anilines is 2. The van der Waals surface area contributed by atoms with Gasteiger partial charge >= 0.3 is 6.18 Å². The molecule has 0 unspecified atom stereocenters. The van der Waals surface area contributed by atoms with Gasteiger partial charge in [0.2, 0.25) is 0 Å². The zero-order valence-corrected chi connectivity index (χ0v) is 7.80. The molecular weight excluding hydrogens is 207 g/mol. The molecule has 82 valence electrons. The van der Waals surface area contributed by atoms with Crippen molar-refractivity contribution in [3.05, 3.63) is 18.0 Å². The Morgan fingerprint density at radius 3 is 2.60 bits per heavy atom. The van der Waals surface area contributed by atoms with Crippen molar-refractivity contribution in [2.45, 2.75) is 25.1 Å². The molecule has 0 aromatic carbocycles. The van der Waals surface area contributed by atoms with Crippen molar-refractivity contribution in [2.24, 2.45) is 0 Å². The molecule has 3 N–H and O–H groups in total. The highest BCUT2D eigenvalue weighted by molar-refractivity contribution is 5.66. The lowest BCUT2D eigenvalue weighted by molar-refractivity contribution is -0.141. The smallest absolute Gasteiger partial charge is 0.396 e. The normalized spacial score (nSPS) is 16.5. The molecule has 1 fully saturated rings. The van der Waals surface area contributed by atoms with Crippen molar-refractivity contribution in [3.63, 3.8) is 0 Å². The summed E-state index contributed by atoms with van der Waals surface area (Å²) in [6.07, 6.45) is -1.44. The number of nitrogen functional groups attached to an aromatic ring is 1. The first-order valence-corrected chi connectivity index (χ1v) is 4.56. The fraction of sp³-hybridized carbons (Fsp3) is 0.444. The second-order valence-electron chi connectivity index (χ2n) is 3.57. The molecule has 1 heterocycles. The average molecular weight is 217 g/mol. The van der Waals surface area contributed by atoms with Crippen LogP contribution in [0.5, 0.6) is 0 Å². The van der Waals surface area contributed by atoms with Crippen molar-refractivity contribution in [2.75, 3.05) is 11.1 Å². The summed E-state index contributed by atoms with van der Waals surface area (Å²) in [5, 5.41) is 2.93. The fourth-order valence-electron chi connectivity index (χ4n) is 1.19. The summed E-state index contributed by atoms with van der Waals surface area (Å²) < 4.78 is 37.0. The van der Waals surface area contributed by atoms with Crippen LogP contribution in [0.25, 0.3) is 0 Å². The van der Waals surface area contributed by atoms with Gasteiger partial charge in [0.05, 0.1) is 17.6 Å². The maximum atomic E-state index is 12.3. The summed E-state index contributed by atoms with van der Waals surface area (Å²) in [7, 11) is 0. The predicted octanol–water partition coefficient (Wildman–Crippen LogP) is 2.26. The van der Waals surface area contributed by atoms with Gasteiger partial charge in [-0.15, -0.1) is 0 Å². The van der Waals surface area contributed by atoms with Crippen LogP contribution in [-0.4, -0.2) is 11.0 Å². The quantitative estimate of drug-likeness (QED) is 0.798. The van der Waals surface area contributed by atoms with Gasteiger partial charge in [-0.25, -0.2) is 4.98 Å². The molecule has 2 rings (SSSR count). The number of pyridine rings is 1. The molecule has 0 aliphatic heterocycles. The Morgan fingerprint density at radius 2 is 2.07 bits per heavy atom. The van der Waals surface area contributed by atoms with E-state index in [9.17, 15) is 13.2 Å². The van der Waals surface area contributed by atoms with Gasteiger partial charge in [-0.05, 0) is 18.9 Å². The Bertz CT molecular complexity index is 371. The van der Waals surface area contributed by atoms with Gasteiger partial charge in [0.25, 0.3) is 0 Å². The van der Waals surface area contributed by atoms with Crippen molar-refractivity contribution in [1.82, 2.24) is 4.98 Å². The molecule has 0 saturated heterocycles. The molecule has 1 saturated carbocycles. The Kier molecular flexibility index (Phi) is 2.21. The standard InChI is InChI=1S/C9H10F3N3/c10-9(11,12)8-3-7(6(13)4-14-8)15-5-1-2-5/h3-5H,1-2,13H2,(H,14,15). The van der Waals surface area contributed by atoms with Crippen molar-refractivity contribution >= 4 is 11.4 Å². The molecule has 0 radical (unpaired) electrons. The molecule has 0 spiro atoms. The molecule has 15 heavy (non-hydrogen) atoms. The minimum absolute atomic E-state index is 0.245. The molecule has 1 aromatic heterocycles. The van der Waals surface area contributed by atoms with Crippen LogP contribution >= 0.6 is 0 Å². The Balaban J connectivity index is 2.27. The van der Waals surface area contributed by atoms with E-state index in [4.69, 9.17) is 5.73 Å². The van der Waals surface area contributed by atoms with Crippen LogP contribution in [0.1, 0.15) is 18.5 Å². The number of alkyl halides is 3. The first-order valence-electron chi connectivity index (χ1n) is 4.56. The average Bonchev–Trinajstić information content (AvgIpc) is 2.90. The summed E-state index contributed by atoms with van der Waals surface area (Å²) in [5.41, 5.74) is 5.16. The largest absolute Gasteiger partial charge is 0.433 e. The third-order valence-electron chi connectivity index (χ3n) is 2.16. The van der Waals surface area contributed by atoms with Crippen LogP contribution in [0.15, 0.2) is 12.3 Å². The van der Waals surface area contributed by atoms with Gasteiger partial charge in [-0.2, -0.15) is 13.2 Å². The first kappa shape index (κ1) is 10.1. The first-order chi connectivity index (χ1) is 6.97. The van der Waals surface area contributed by atoms with Crippen LogP contribution < -0.4 is 11.1 Å². The Morgan fingerprint density at radius 1 is 1.40 bits per heavy atom. The summed E-state index contributed by atoms with van der Waals surface area (Å²) in [6, 6.07) is 1.21. The number of nitrogens with one attached hydrogen (secondary N) is 1. The van der Waals surface area contributed by atoms with E-state index in [0.717, 1.165) is 25.1 Å². The van der Waals surface area contributed by atoms with Gasteiger partial charge in [-0.1, -0.05) is 0 Å². The highest BCUT2D eigenvalue weighted by atomic mass is 19.4. The second kappa shape index (κ2) is 3.29. The van der Waals surface area contributed by atoms with Gasteiger partial charge < -0.3 is 11.1 Å². The van der Waals surface area contributed by atoms with E-state index in [-0.39, 0.29) is 11.7 Å². The Hall–Kier alpha value is -1.46. The number of nitrogens with two attached hydrogens (primary N) is 1. The third kappa shape index (κ3) is 2.31. The van der Waals surface area contributed by atoms with Gasteiger partial charge in [0.1, 0.15) is 5.69 Å². The maximum absolute atomic E-state index is 12.3. The lowest BCUT2D eigenvalue weighted by atomic mass is 10.2. The summed E-state index contributed by atoms with van der Waals surface area (Å²) in [6.45, 7) is 0. The van der Waals surface area contributed by atoms with Crippen LogP contribution in [0, 0.1) is 0 Å². The molecule has 0 amide bonds. The summed E-state index contributed by atoms with van der Waals surface area (Å²) >= 11 is 0. The number of hydrogen-bond acceptors (Lipinski definition) is 3. The molecule has 1 aliphatic rings. The van der Waals surface area contributed by atoms with E-state index >= 15 is 0 Å². The van der Waals surface area contributed by atoms with E-state index < -0.39 is 11.9 Å². The number of hydrogen-bond donors (Lipinski definition) is 2. The molecule has 0 atom stereocenters. The van der Waals surface area contributed by atoms with Crippen LogP contribution in [0.2, 0.25) is 0 Å². The van der Waals surface area contributed by atoms with Gasteiger partial charge in [-0.3, -0.25) is 0 Å². The highest BCUT2D eigenvalue weighted by Crippen LogP contribution is 2.33. The zero-order chi connectivity index (χ0) is 11.1. The lowest BCUT2D eigenvalue weighted by Gasteiger charge is -2.11. The third-order valence-corrected chi connectivity index (χ3v) is 2.16. The predicted molar refractivity (Wildman–Crippen MR) is 50.3 cm³/mol. The molecule has 6 heteroatoms. The summed E-state index contributed by atoms with van der Waals surface area (Å²) in [4.78, 5) is 3.25. The topological polar surface area (TPSA) is 50.9 Å². The monoisotopic (exact) mass is 217 g/mol. The maximum Gasteiger partial charge on any atom is 0.433 e. The number of halogens is 3. The van der Waals surface area contributed by atoms with Crippen molar-refractivity contribution < 1.29 is 13.2 Å². The summed E-state index contributed by atoms with van der Waals surface area (Å²) in [5.74, 6) is 0. The molecule has 1 aliphatic carbocycles. The fourth-order valence-corrected chi connectivity index (χ4v) is 1.19. The van der Waals surface area contributed by atoms with E-state index in [2.05, 4.69) is 10.3 Å². The molecular formula is C9H10F3N3. The van der Waals surface area contributed by atoms with Gasteiger partial charge in [0, 0.05) is 6.04 Å². The van der Waals surface area contributed by atoms with E-state index in [1.165, 1.54) is 0 Å². The minimum atomic E-state index is -4.42. The Labute approximate surface area is 84.5 Å². The van der Waals surface area contributed by atoms with Crippen LogP contribution in [0.3, 0.4) is 0 Å². The number of aromatic nitrogens is 1. The van der Waals surface area contributed by atoms with Crippen molar-refractivity contribution in [1.29, 1.82) is 0 Å². The van der Waals surface area contributed by atoms with Crippen LogP contribution in [0.4, 0.5) is 24.5 Å². The van der Waals surface area contributed by atoms with Crippen molar-refractivity contribution in [3.8, 4) is 0 Å². The molecule has 0 bridgehead atoms. The minimum Gasteiger partial charge on any atom is -0.396 e. The van der Waals surface area contributed by atoms with E-state index in [1.807, 2.05) is 0 Å². The second-order valence-corrected chi connectivity index (χ2v) is 3.57. The molecule has 3 nitrogen and oxygen atoms in total. The van der Waals surface area contributed by atoms with Crippen LogP contribution in [-0.2, 0) is 6.18 Å². The lowest BCUT2D eigenvalue weighted by Crippen LogP contribution is -2.11. The van der Waals surface area contributed by atoms with E-state index in [1.54, 1.807) is 0 Å². The zero-order valence-electron chi connectivity index (χ0n) is 7.80.